The fourth-order valence-corrected chi connectivity index (χ4v) is 4.91. The Morgan fingerprint density at radius 2 is 1.64 bits per heavy atom. The summed E-state index contributed by atoms with van der Waals surface area (Å²) in [6.07, 6.45) is 3.36. The molecular weight excluding hydrogens is 424 g/mol. The zero-order valence-electron chi connectivity index (χ0n) is 18.3. The topological polar surface area (TPSA) is 104 Å². The van der Waals surface area contributed by atoms with Crippen LogP contribution >= 0.6 is 0 Å². The summed E-state index contributed by atoms with van der Waals surface area (Å²) in [5.41, 5.74) is -0.744. The zero-order valence-corrected chi connectivity index (χ0v) is 18.3. The van der Waals surface area contributed by atoms with Crippen molar-refractivity contribution in [2.75, 3.05) is 18.6 Å². The Morgan fingerprint density at radius 3 is 2.21 bits per heavy atom. The van der Waals surface area contributed by atoms with Gasteiger partial charge in [0, 0.05) is 7.11 Å². The number of hydrogen-bond donors (Lipinski definition) is 1. The normalized spacial score (nSPS) is 26.8. The van der Waals surface area contributed by atoms with Gasteiger partial charge in [-0.15, -0.1) is 0 Å². The predicted molar refractivity (Wildman–Crippen MR) is 120 cm³/mol. The molecule has 2 saturated heterocycles. The van der Waals surface area contributed by atoms with Crippen molar-refractivity contribution in [1.29, 1.82) is 0 Å². The van der Waals surface area contributed by atoms with Gasteiger partial charge in [0.2, 0.25) is 17.7 Å². The first kappa shape index (κ1) is 22.4. The summed E-state index contributed by atoms with van der Waals surface area (Å²) in [6.45, 7) is 0.958. The van der Waals surface area contributed by atoms with Crippen molar-refractivity contribution in [1.82, 2.24) is 4.90 Å². The molecule has 0 radical (unpaired) electrons. The maximum Gasteiger partial charge on any atom is 0.330 e. The van der Waals surface area contributed by atoms with E-state index < -0.39 is 47.1 Å². The Hall–Kier alpha value is -3.78. The van der Waals surface area contributed by atoms with Crippen LogP contribution in [0.5, 0.6) is 0 Å². The molecule has 0 spiro atoms. The molecule has 2 fully saturated rings. The maximum atomic E-state index is 13.6. The van der Waals surface area contributed by atoms with Crippen molar-refractivity contribution in [2.24, 2.45) is 11.8 Å². The molecule has 1 N–H and O–H groups in total. The largest absolute Gasteiger partial charge is 0.479 e. The predicted octanol–water partition coefficient (Wildman–Crippen LogP) is 2.21. The van der Waals surface area contributed by atoms with Crippen LogP contribution in [-0.4, -0.2) is 59.0 Å². The van der Waals surface area contributed by atoms with Gasteiger partial charge in [0.25, 0.3) is 0 Å². The van der Waals surface area contributed by atoms with Gasteiger partial charge in [-0.05, 0) is 24.6 Å². The number of imide groups is 1. The summed E-state index contributed by atoms with van der Waals surface area (Å²) in [7, 11) is 1.33. The van der Waals surface area contributed by atoms with Gasteiger partial charge in [-0.1, -0.05) is 60.7 Å². The quantitative estimate of drug-likeness (QED) is 0.680. The van der Waals surface area contributed by atoms with Crippen molar-refractivity contribution in [3.8, 4) is 0 Å². The van der Waals surface area contributed by atoms with E-state index in [2.05, 4.69) is 0 Å². The second-order valence-electron chi connectivity index (χ2n) is 8.26. The van der Waals surface area contributed by atoms with E-state index in [4.69, 9.17) is 4.74 Å². The number of ether oxygens (including phenoxy) is 1. The SMILES string of the molecule is COCC(=O)N1C(C=Cc2ccccc2)C2C(=O)N(c3ccccc3)C(=O)C2C1(C)C(=O)O. The van der Waals surface area contributed by atoms with E-state index in [-0.39, 0.29) is 6.61 Å². The molecule has 2 heterocycles. The molecule has 2 aromatic carbocycles. The summed E-state index contributed by atoms with van der Waals surface area (Å²) < 4.78 is 4.98. The third kappa shape index (κ3) is 3.52. The zero-order chi connectivity index (χ0) is 23.8. The molecule has 2 aliphatic rings. The molecule has 8 heteroatoms. The van der Waals surface area contributed by atoms with E-state index >= 15 is 0 Å². The lowest BCUT2D eigenvalue weighted by Gasteiger charge is -2.37. The van der Waals surface area contributed by atoms with E-state index in [1.165, 1.54) is 14.0 Å². The van der Waals surface area contributed by atoms with Crippen LogP contribution in [0.3, 0.4) is 0 Å². The van der Waals surface area contributed by atoms with Gasteiger partial charge in [-0.2, -0.15) is 0 Å². The molecule has 170 valence electrons. The summed E-state index contributed by atoms with van der Waals surface area (Å²) in [6, 6.07) is 16.7. The molecule has 0 saturated carbocycles. The Labute approximate surface area is 191 Å². The van der Waals surface area contributed by atoms with E-state index in [0.717, 1.165) is 15.4 Å². The highest BCUT2D eigenvalue weighted by Crippen LogP contribution is 2.50. The van der Waals surface area contributed by atoms with Crippen LogP contribution in [0.1, 0.15) is 12.5 Å². The molecular formula is C25H24N2O6. The number of carboxylic acid groups (broad SMARTS) is 1. The fourth-order valence-electron chi connectivity index (χ4n) is 4.91. The van der Waals surface area contributed by atoms with Gasteiger partial charge in [-0.3, -0.25) is 14.4 Å². The fraction of sp³-hybridized carbons (Fsp3) is 0.280. The molecule has 4 rings (SSSR count). The number of nitrogens with zero attached hydrogens (tertiary/aromatic N) is 2. The molecule has 0 aliphatic carbocycles. The van der Waals surface area contributed by atoms with Crippen molar-refractivity contribution < 1.29 is 29.0 Å². The lowest BCUT2D eigenvalue weighted by atomic mass is 9.81. The van der Waals surface area contributed by atoms with Gasteiger partial charge in [0.1, 0.15) is 6.61 Å². The molecule has 0 bridgehead atoms. The molecule has 0 aromatic heterocycles. The van der Waals surface area contributed by atoms with Crippen LogP contribution < -0.4 is 4.90 Å². The summed E-state index contributed by atoms with van der Waals surface area (Å²) in [4.78, 5) is 54.9. The number of carbonyl (C=O) groups excluding carboxylic acids is 3. The molecule has 4 atom stereocenters. The summed E-state index contributed by atoms with van der Waals surface area (Å²) in [5, 5.41) is 10.2. The van der Waals surface area contributed by atoms with Crippen LogP contribution in [0.15, 0.2) is 66.7 Å². The number of para-hydroxylation sites is 1. The molecule has 4 unspecified atom stereocenters. The smallest absolute Gasteiger partial charge is 0.330 e. The van der Waals surface area contributed by atoms with Gasteiger partial charge in [0.05, 0.1) is 23.6 Å². The van der Waals surface area contributed by atoms with Crippen molar-refractivity contribution in [3.63, 3.8) is 0 Å². The molecule has 3 amide bonds. The minimum Gasteiger partial charge on any atom is -0.479 e. The standard InChI is InChI=1S/C25H24N2O6/c1-25(24(31)32)21-20(22(29)26(23(21)30)17-11-7-4-8-12-17)18(27(25)19(28)15-33-2)14-13-16-9-5-3-6-10-16/h3-14,18,20-21H,15H2,1-2H3,(H,31,32). The number of likely N-dealkylation sites (tertiary alicyclic amines) is 1. The number of amides is 3. The minimum absolute atomic E-state index is 0.371. The minimum atomic E-state index is -1.93. The molecule has 33 heavy (non-hydrogen) atoms. The van der Waals surface area contributed by atoms with Crippen LogP contribution in [0, 0.1) is 11.8 Å². The highest BCUT2D eigenvalue weighted by molar-refractivity contribution is 6.24. The van der Waals surface area contributed by atoms with Crippen LogP contribution in [0.2, 0.25) is 0 Å². The Kier molecular flexibility index (Phi) is 5.86. The number of methoxy groups -OCH3 is 1. The average molecular weight is 448 g/mol. The number of rotatable bonds is 6. The van der Waals surface area contributed by atoms with Gasteiger partial charge < -0.3 is 14.7 Å². The first-order valence-corrected chi connectivity index (χ1v) is 10.5. The highest BCUT2D eigenvalue weighted by atomic mass is 16.5. The van der Waals surface area contributed by atoms with Crippen LogP contribution in [0.25, 0.3) is 6.08 Å². The van der Waals surface area contributed by atoms with E-state index in [1.54, 1.807) is 42.5 Å². The number of benzene rings is 2. The van der Waals surface area contributed by atoms with Crippen molar-refractivity contribution >= 4 is 35.5 Å². The van der Waals surface area contributed by atoms with Crippen LogP contribution in [0.4, 0.5) is 5.69 Å². The number of hydrogen-bond acceptors (Lipinski definition) is 5. The number of aliphatic carboxylic acids is 1. The monoisotopic (exact) mass is 448 g/mol. The first-order chi connectivity index (χ1) is 15.8. The van der Waals surface area contributed by atoms with Crippen LogP contribution in [-0.2, 0) is 23.9 Å². The first-order valence-electron chi connectivity index (χ1n) is 10.5. The number of carboxylic acids is 1. The third-order valence-corrected chi connectivity index (χ3v) is 6.39. The van der Waals surface area contributed by atoms with Gasteiger partial charge in [-0.25, -0.2) is 9.69 Å². The Bertz CT molecular complexity index is 1120. The van der Waals surface area contributed by atoms with Crippen molar-refractivity contribution in [2.45, 2.75) is 18.5 Å². The second-order valence-corrected chi connectivity index (χ2v) is 8.26. The van der Waals surface area contributed by atoms with Gasteiger partial charge in [0.15, 0.2) is 5.54 Å². The van der Waals surface area contributed by atoms with E-state index in [9.17, 15) is 24.3 Å². The summed E-state index contributed by atoms with van der Waals surface area (Å²) in [5.74, 6) is -5.40. The third-order valence-electron chi connectivity index (χ3n) is 6.39. The average Bonchev–Trinajstić information content (AvgIpc) is 3.23. The second kappa shape index (κ2) is 8.63. The summed E-state index contributed by atoms with van der Waals surface area (Å²) >= 11 is 0. The lowest BCUT2D eigenvalue weighted by Crippen LogP contribution is -2.59. The number of anilines is 1. The van der Waals surface area contributed by atoms with Gasteiger partial charge >= 0.3 is 5.97 Å². The lowest BCUT2D eigenvalue weighted by molar-refractivity contribution is -0.161. The molecule has 2 aliphatic heterocycles. The number of carbonyl (C=O) groups is 4. The Balaban J connectivity index is 1.85. The Morgan fingerprint density at radius 1 is 1.03 bits per heavy atom. The van der Waals surface area contributed by atoms with E-state index in [1.807, 2.05) is 30.3 Å². The maximum absolute atomic E-state index is 13.6. The highest BCUT2D eigenvalue weighted by Gasteiger charge is 2.71. The van der Waals surface area contributed by atoms with Crippen molar-refractivity contribution in [3.05, 3.63) is 72.3 Å². The number of fused-ring (bicyclic) bond motifs is 1. The van der Waals surface area contributed by atoms with E-state index in [0.29, 0.717) is 5.69 Å². The molecule has 2 aromatic rings. The molecule has 8 nitrogen and oxygen atoms in total.